The highest BCUT2D eigenvalue weighted by Crippen LogP contribution is 2.29. The van der Waals surface area contributed by atoms with E-state index < -0.39 is 0 Å². The molecule has 0 aliphatic carbocycles. The van der Waals surface area contributed by atoms with Gasteiger partial charge in [-0.2, -0.15) is 0 Å². The Kier molecular flexibility index (Phi) is 2.55. The van der Waals surface area contributed by atoms with Gasteiger partial charge in [0.05, 0.1) is 4.47 Å². The van der Waals surface area contributed by atoms with E-state index in [2.05, 4.69) is 15.9 Å². The lowest BCUT2D eigenvalue weighted by Crippen LogP contribution is -1.77. The summed E-state index contributed by atoms with van der Waals surface area (Å²) >= 11 is 3.25. The standard InChI is InChI=1S/C12H9BrO/c13-11-7-6-10(8-12(11)14)9-4-2-1-3-5-9/h1-8,14H. The fraction of sp³-hybridized carbons (Fsp3) is 0. The Balaban J connectivity index is 2.48. The minimum absolute atomic E-state index is 0.270. The van der Waals surface area contributed by atoms with Crippen molar-refractivity contribution < 1.29 is 5.11 Å². The third kappa shape index (κ3) is 1.80. The van der Waals surface area contributed by atoms with Crippen LogP contribution >= 0.6 is 15.9 Å². The van der Waals surface area contributed by atoms with Crippen LogP contribution in [0.4, 0.5) is 0 Å². The van der Waals surface area contributed by atoms with Crippen molar-refractivity contribution in [2.45, 2.75) is 0 Å². The van der Waals surface area contributed by atoms with Gasteiger partial charge in [-0.15, -0.1) is 0 Å². The molecule has 2 heteroatoms. The smallest absolute Gasteiger partial charge is 0.130 e. The Labute approximate surface area is 91.2 Å². The van der Waals surface area contributed by atoms with Gasteiger partial charge in [0.1, 0.15) is 5.75 Å². The van der Waals surface area contributed by atoms with Gasteiger partial charge in [-0.25, -0.2) is 0 Å². The molecule has 14 heavy (non-hydrogen) atoms. The minimum Gasteiger partial charge on any atom is -0.507 e. The van der Waals surface area contributed by atoms with Crippen LogP contribution in [0.25, 0.3) is 11.1 Å². The van der Waals surface area contributed by atoms with Gasteiger partial charge in [0, 0.05) is 0 Å². The average Bonchev–Trinajstić information content (AvgIpc) is 2.23. The molecule has 0 aromatic heterocycles. The van der Waals surface area contributed by atoms with Gasteiger partial charge in [-0.1, -0.05) is 36.4 Å². The molecule has 0 heterocycles. The van der Waals surface area contributed by atoms with Crippen LogP contribution in [0.2, 0.25) is 0 Å². The van der Waals surface area contributed by atoms with Gasteiger partial charge < -0.3 is 5.11 Å². The molecule has 0 amide bonds. The van der Waals surface area contributed by atoms with Crippen molar-refractivity contribution in [2.24, 2.45) is 0 Å². The Hall–Kier alpha value is -1.28. The fourth-order valence-electron chi connectivity index (χ4n) is 1.32. The molecule has 0 bridgehead atoms. The van der Waals surface area contributed by atoms with E-state index in [-0.39, 0.29) is 5.75 Å². The lowest BCUT2D eigenvalue weighted by atomic mass is 10.1. The van der Waals surface area contributed by atoms with Crippen LogP contribution in [0.1, 0.15) is 0 Å². The minimum atomic E-state index is 0.270. The summed E-state index contributed by atoms with van der Waals surface area (Å²) in [6, 6.07) is 15.5. The monoisotopic (exact) mass is 248 g/mol. The van der Waals surface area contributed by atoms with Crippen LogP contribution in [0.3, 0.4) is 0 Å². The topological polar surface area (TPSA) is 20.2 Å². The summed E-state index contributed by atoms with van der Waals surface area (Å²) in [5, 5.41) is 9.51. The largest absolute Gasteiger partial charge is 0.507 e. The average molecular weight is 249 g/mol. The molecule has 0 spiro atoms. The first-order chi connectivity index (χ1) is 6.77. The molecule has 70 valence electrons. The highest BCUT2D eigenvalue weighted by Gasteiger charge is 2.00. The molecule has 0 saturated heterocycles. The molecule has 1 nitrogen and oxygen atoms in total. The van der Waals surface area contributed by atoms with Gasteiger partial charge in [0.15, 0.2) is 0 Å². The second-order valence-corrected chi connectivity index (χ2v) is 3.89. The second kappa shape index (κ2) is 3.84. The molecule has 0 fully saturated rings. The summed E-state index contributed by atoms with van der Waals surface area (Å²) < 4.78 is 0.720. The van der Waals surface area contributed by atoms with Crippen LogP contribution in [-0.2, 0) is 0 Å². The van der Waals surface area contributed by atoms with Crippen LogP contribution in [0.15, 0.2) is 53.0 Å². The van der Waals surface area contributed by atoms with Crippen molar-refractivity contribution in [1.82, 2.24) is 0 Å². The van der Waals surface area contributed by atoms with E-state index in [4.69, 9.17) is 0 Å². The molecule has 0 aliphatic rings. The van der Waals surface area contributed by atoms with Crippen molar-refractivity contribution in [3.05, 3.63) is 53.0 Å². The Morgan fingerprint density at radius 1 is 0.857 bits per heavy atom. The van der Waals surface area contributed by atoms with E-state index in [9.17, 15) is 5.11 Å². The van der Waals surface area contributed by atoms with E-state index in [1.165, 1.54) is 0 Å². The molecular formula is C12H9BrO. The van der Waals surface area contributed by atoms with E-state index in [0.29, 0.717) is 0 Å². The van der Waals surface area contributed by atoms with Crippen molar-refractivity contribution in [3.8, 4) is 16.9 Å². The maximum Gasteiger partial charge on any atom is 0.130 e. The predicted octanol–water partition coefficient (Wildman–Crippen LogP) is 3.82. The second-order valence-electron chi connectivity index (χ2n) is 3.03. The van der Waals surface area contributed by atoms with Gasteiger partial charge in [0.25, 0.3) is 0 Å². The summed E-state index contributed by atoms with van der Waals surface area (Å²) in [7, 11) is 0. The maximum absolute atomic E-state index is 9.51. The van der Waals surface area contributed by atoms with Gasteiger partial charge in [-0.3, -0.25) is 0 Å². The van der Waals surface area contributed by atoms with E-state index in [1.54, 1.807) is 6.07 Å². The zero-order valence-electron chi connectivity index (χ0n) is 7.44. The van der Waals surface area contributed by atoms with E-state index in [0.717, 1.165) is 15.6 Å². The van der Waals surface area contributed by atoms with Crippen molar-refractivity contribution in [1.29, 1.82) is 0 Å². The van der Waals surface area contributed by atoms with Crippen LogP contribution < -0.4 is 0 Å². The molecule has 0 saturated carbocycles. The van der Waals surface area contributed by atoms with Gasteiger partial charge in [-0.05, 0) is 39.2 Å². The van der Waals surface area contributed by atoms with E-state index >= 15 is 0 Å². The molecule has 2 aromatic carbocycles. The Morgan fingerprint density at radius 3 is 2.21 bits per heavy atom. The molecule has 0 aliphatic heterocycles. The summed E-state index contributed by atoms with van der Waals surface area (Å²) in [6.45, 7) is 0. The summed E-state index contributed by atoms with van der Waals surface area (Å²) in [5.74, 6) is 0.270. The van der Waals surface area contributed by atoms with Gasteiger partial charge in [0.2, 0.25) is 0 Å². The van der Waals surface area contributed by atoms with Crippen LogP contribution in [0.5, 0.6) is 5.75 Å². The van der Waals surface area contributed by atoms with Crippen molar-refractivity contribution in [3.63, 3.8) is 0 Å². The number of hydrogen-bond donors (Lipinski definition) is 1. The molecule has 0 radical (unpaired) electrons. The predicted molar refractivity (Wildman–Crippen MR) is 61.2 cm³/mol. The highest BCUT2D eigenvalue weighted by molar-refractivity contribution is 9.10. The van der Waals surface area contributed by atoms with E-state index in [1.807, 2.05) is 42.5 Å². The number of benzene rings is 2. The first kappa shape index (κ1) is 9.28. The summed E-state index contributed by atoms with van der Waals surface area (Å²) in [5.41, 5.74) is 2.13. The zero-order valence-corrected chi connectivity index (χ0v) is 9.03. The third-order valence-electron chi connectivity index (χ3n) is 2.05. The number of halogens is 1. The molecule has 2 aromatic rings. The Bertz CT molecular complexity index is 437. The first-order valence-electron chi connectivity index (χ1n) is 4.31. The number of hydrogen-bond acceptors (Lipinski definition) is 1. The SMILES string of the molecule is Oc1cc(-c2ccccc2)ccc1Br. The summed E-state index contributed by atoms with van der Waals surface area (Å²) in [4.78, 5) is 0. The highest BCUT2D eigenvalue weighted by atomic mass is 79.9. The molecular weight excluding hydrogens is 240 g/mol. The number of rotatable bonds is 1. The molecule has 2 rings (SSSR count). The molecule has 0 atom stereocenters. The third-order valence-corrected chi connectivity index (χ3v) is 2.72. The van der Waals surface area contributed by atoms with Crippen molar-refractivity contribution >= 4 is 15.9 Å². The summed E-state index contributed by atoms with van der Waals surface area (Å²) in [6.07, 6.45) is 0. The fourth-order valence-corrected chi connectivity index (χ4v) is 1.57. The first-order valence-corrected chi connectivity index (χ1v) is 5.10. The van der Waals surface area contributed by atoms with Crippen molar-refractivity contribution in [2.75, 3.05) is 0 Å². The zero-order chi connectivity index (χ0) is 9.97. The maximum atomic E-state index is 9.51. The Morgan fingerprint density at radius 2 is 1.57 bits per heavy atom. The quantitative estimate of drug-likeness (QED) is 0.814. The lowest BCUT2D eigenvalue weighted by molar-refractivity contribution is 0.472. The molecule has 0 unspecified atom stereocenters. The number of aromatic hydroxyl groups is 1. The van der Waals surface area contributed by atoms with Crippen LogP contribution in [0, 0.1) is 0 Å². The lowest BCUT2D eigenvalue weighted by Gasteiger charge is -2.03. The van der Waals surface area contributed by atoms with Crippen LogP contribution in [-0.4, -0.2) is 5.11 Å². The number of phenols is 1. The number of phenolic OH excluding ortho intramolecular Hbond substituents is 1. The van der Waals surface area contributed by atoms with Gasteiger partial charge >= 0.3 is 0 Å². The molecule has 1 N–H and O–H groups in total. The normalized spacial score (nSPS) is 10.1.